The molecule has 6 heteroatoms. The van der Waals surface area contributed by atoms with Crippen molar-refractivity contribution in [3.05, 3.63) is 65.2 Å². The molecule has 2 heterocycles. The van der Waals surface area contributed by atoms with Crippen molar-refractivity contribution in [2.24, 2.45) is 5.16 Å². The minimum absolute atomic E-state index is 0.0210. The van der Waals surface area contributed by atoms with Crippen LogP contribution in [0.5, 0.6) is 5.75 Å². The van der Waals surface area contributed by atoms with Gasteiger partial charge in [0, 0.05) is 44.5 Å². The van der Waals surface area contributed by atoms with Crippen LogP contribution >= 0.6 is 0 Å². The molecule has 0 bridgehead atoms. The van der Waals surface area contributed by atoms with E-state index in [1.54, 1.807) is 7.11 Å². The number of piperidine rings is 1. The Morgan fingerprint density at radius 2 is 1.97 bits per heavy atom. The van der Waals surface area contributed by atoms with Gasteiger partial charge >= 0.3 is 6.03 Å². The summed E-state index contributed by atoms with van der Waals surface area (Å²) in [5.74, 6) is 0.811. The Bertz CT molecular complexity index is 900. The topological polar surface area (TPSA) is 63.2 Å². The number of aryl methyl sites for hydroxylation is 1. The fourth-order valence-corrected chi connectivity index (χ4v) is 3.86. The summed E-state index contributed by atoms with van der Waals surface area (Å²) in [4.78, 5) is 20.3. The van der Waals surface area contributed by atoms with Crippen LogP contribution < -0.4 is 10.1 Å². The highest BCUT2D eigenvalue weighted by atomic mass is 16.7. The van der Waals surface area contributed by atoms with E-state index in [-0.39, 0.29) is 11.6 Å². The fourth-order valence-electron chi connectivity index (χ4n) is 3.86. The summed E-state index contributed by atoms with van der Waals surface area (Å²) in [5, 5.41) is 7.37. The third-order valence-corrected chi connectivity index (χ3v) is 5.77. The van der Waals surface area contributed by atoms with Gasteiger partial charge in [0.05, 0.1) is 12.8 Å². The molecule has 1 fully saturated rings. The van der Waals surface area contributed by atoms with Gasteiger partial charge in [-0.15, -0.1) is 0 Å². The lowest BCUT2D eigenvalue weighted by atomic mass is 9.85. The second-order valence-corrected chi connectivity index (χ2v) is 7.85. The Labute approximate surface area is 171 Å². The average molecular weight is 393 g/mol. The molecule has 2 aromatic rings. The zero-order valence-corrected chi connectivity index (χ0v) is 17.0. The van der Waals surface area contributed by atoms with Crippen molar-refractivity contribution in [1.29, 1.82) is 0 Å². The van der Waals surface area contributed by atoms with E-state index in [2.05, 4.69) is 29.5 Å². The van der Waals surface area contributed by atoms with Gasteiger partial charge in [-0.25, -0.2) is 4.79 Å². The van der Waals surface area contributed by atoms with Crippen LogP contribution in [0.4, 0.5) is 4.79 Å². The van der Waals surface area contributed by atoms with Gasteiger partial charge in [-0.2, -0.15) is 0 Å². The maximum absolute atomic E-state index is 12.5. The number of oxime groups is 1. The van der Waals surface area contributed by atoms with Crippen LogP contribution in [0.3, 0.4) is 0 Å². The lowest BCUT2D eigenvalue weighted by Gasteiger charge is -2.37. The summed E-state index contributed by atoms with van der Waals surface area (Å²) in [7, 11) is 1.66. The van der Waals surface area contributed by atoms with Crippen molar-refractivity contribution >= 4 is 11.7 Å². The first-order valence-electron chi connectivity index (χ1n) is 10.0. The summed E-state index contributed by atoms with van der Waals surface area (Å²) in [6.45, 7) is 3.93. The normalized spacial score (nSPS) is 17.6. The van der Waals surface area contributed by atoms with Crippen molar-refractivity contribution in [1.82, 2.24) is 10.2 Å². The Morgan fingerprint density at radius 3 is 2.69 bits per heavy atom. The average Bonchev–Trinajstić information content (AvgIpc) is 3.17. The predicted molar refractivity (Wildman–Crippen MR) is 112 cm³/mol. The van der Waals surface area contributed by atoms with Gasteiger partial charge in [0.25, 0.3) is 0 Å². The number of carbonyl (C=O) groups excluding carboxylic acids is 1. The van der Waals surface area contributed by atoms with Gasteiger partial charge in [0.1, 0.15) is 11.4 Å². The third kappa shape index (κ3) is 4.36. The zero-order chi connectivity index (χ0) is 20.3. The molecule has 0 aliphatic carbocycles. The molecule has 0 radical (unpaired) electrons. The van der Waals surface area contributed by atoms with Crippen LogP contribution in [0.25, 0.3) is 0 Å². The van der Waals surface area contributed by atoms with Gasteiger partial charge in [-0.3, -0.25) is 0 Å². The van der Waals surface area contributed by atoms with E-state index >= 15 is 0 Å². The van der Waals surface area contributed by atoms with E-state index in [9.17, 15) is 4.79 Å². The highest BCUT2D eigenvalue weighted by Crippen LogP contribution is 2.36. The third-order valence-electron chi connectivity index (χ3n) is 5.77. The van der Waals surface area contributed by atoms with Gasteiger partial charge in [0.2, 0.25) is 0 Å². The number of carbonyl (C=O) groups is 1. The van der Waals surface area contributed by atoms with E-state index in [4.69, 9.17) is 9.57 Å². The molecule has 2 aromatic carbocycles. The molecule has 2 aliphatic heterocycles. The number of hydrogen-bond donors (Lipinski definition) is 1. The monoisotopic (exact) mass is 393 g/mol. The maximum atomic E-state index is 12.5. The fraction of sp³-hybridized carbons (Fsp3) is 0.391. The lowest BCUT2D eigenvalue weighted by Crippen LogP contribution is -2.49. The number of methoxy groups -OCH3 is 1. The number of nitrogens with zero attached hydrogens (tertiary/aromatic N) is 2. The van der Waals surface area contributed by atoms with Crippen molar-refractivity contribution < 1.29 is 14.4 Å². The van der Waals surface area contributed by atoms with E-state index in [1.807, 2.05) is 41.3 Å². The molecule has 1 saturated heterocycles. The van der Waals surface area contributed by atoms with E-state index in [0.29, 0.717) is 19.6 Å². The summed E-state index contributed by atoms with van der Waals surface area (Å²) >= 11 is 0. The van der Waals surface area contributed by atoms with Gasteiger partial charge in [-0.1, -0.05) is 47.1 Å². The first-order valence-corrected chi connectivity index (χ1v) is 10.0. The molecule has 0 aromatic heterocycles. The highest BCUT2D eigenvalue weighted by molar-refractivity contribution is 6.02. The Balaban J connectivity index is 1.29. The largest absolute Gasteiger partial charge is 0.497 e. The number of nitrogens with one attached hydrogen (secondary N) is 1. The molecule has 4 rings (SSSR count). The van der Waals surface area contributed by atoms with Gasteiger partial charge in [0.15, 0.2) is 0 Å². The lowest BCUT2D eigenvalue weighted by molar-refractivity contribution is -0.0550. The number of hydrogen-bond acceptors (Lipinski definition) is 4. The first kappa shape index (κ1) is 19.3. The molecule has 2 aliphatic rings. The highest BCUT2D eigenvalue weighted by Gasteiger charge is 2.43. The molecule has 0 saturated carbocycles. The number of rotatable bonds is 4. The molecule has 0 atom stereocenters. The van der Waals surface area contributed by atoms with Crippen molar-refractivity contribution in [2.75, 3.05) is 20.2 Å². The Kier molecular flexibility index (Phi) is 5.43. The van der Waals surface area contributed by atoms with Gasteiger partial charge in [-0.05, 0) is 24.6 Å². The molecular weight excluding hydrogens is 366 g/mol. The van der Waals surface area contributed by atoms with Crippen LogP contribution in [-0.4, -0.2) is 42.4 Å². The van der Waals surface area contributed by atoms with Crippen molar-refractivity contribution in [3.63, 3.8) is 0 Å². The quantitative estimate of drug-likeness (QED) is 0.858. The Hall–Kier alpha value is -3.02. The molecule has 2 amide bonds. The van der Waals surface area contributed by atoms with Crippen LogP contribution in [-0.2, 0) is 11.4 Å². The molecule has 152 valence electrons. The molecular formula is C23H27N3O3. The summed E-state index contributed by atoms with van der Waals surface area (Å²) in [6, 6.07) is 16.1. The van der Waals surface area contributed by atoms with Crippen LogP contribution in [0.1, 0.15) is 36.0 Å². The van der Waals surface area contributed by atoms with E-state index in [1.165, 1.54) is 5.56 Å². The SMILES string of the molecule is COc1cccc(C2=NOC3(CCN(C(=O)NCc4ccc(C)cc4)CC3)C2)c1. The predicted octanol–water partition coefficient (Wildman–Crippen LogP) is 3.87. The maximum Gasteiger partial charge on any atom is 0.317 e. The number of urea groups is 1. The molecule has 6 nitrogen and oxygen atoms in total. The summed E-state index contributed by atoms with van der Waals surface area (Å²) in [5.41, 5.74) is 3.99. The van der Waals surface area contributed by atoms with Crippen molar-refractivity contribution in [2.45, 2.75) is 38.3 Å². The first-order chi connectivity index (χ1) is 14.1. The number of benzene rings is 2. The number of ether oxygens (including phenoxy) is 1. The molecule has 1 N–H and O–H groups in total. The number of likely N-dealkylation sites (tertiary alicyclic amines) is 1. The van der Waals surface area contributed by atoms with E-state index < -0.39 is 0 Å². The van der Waals surface area contributed by atoms with Crippen LogP contribution in [0.15, 0.2) is 53.7 Å². The summed E-state index contributed by atoms with van der Waals surface area (Å²) < 4.78 is 5.31. The molecule has 1 spiro atoms. The molecule has 0 unspecified atom stereocenters. The van der Waals surface area contributed by atoms with Crippen LogP contribution in [0, 0.1) is 6.92 Å². The smallest absolute Gasteiger partial charge is 0.317 e. The second kappa shape index (κ2) is 8.15. The van der Waals surface area contributed by atoms with Crippen molar-refractivity contribution in [3.8, 4) is 5.75 Å². The second-order valence-electron chi connectivity index (χ2n) is 7.85. The molecule has 29 heavy (non-hydrogen) atoms. The van der Waals surface area contributed by atoms with Gasteiger partial charge < -0.3 is 19.8 Å². The van der Waals surface area contributed by atoms with E-state index in [0.717, 1.165) is 41.9 Å². The summed E-state index contributed by atoms with van der Waals surface area (Å²) in [6.07, 6.45) is 2.32. The van der Waals surface area contributed by atoms with Crippen LogP contribution in [0.2, 0.25) is 0 Å². The standard InChI is InChI=1S/C23H27N3O3/c1-17-6-8-18(9-7-17)16-24-22(27)26-12-10-23(11-13-26)15-21(25-29-23)19-4-3-5-20(14-19)28-2/h3-9,14H,10-13,15-16H2,1-2H3,(H,24,27). The number of amides is 2. The minimum Gasteiger partial charge on any atom is -0.497 e. The Morgan fingerprint density at radius 1 is 1.21 bits per heavy atom. The zero-order valence-electron chi connectivity index (χ0n) is 17.0. The minimum atomic E-state index is -0.299.